The van der Waals surface area contributed by atoms with E-state index >= 15 is 0 Å². The molecule has 0 aliphatic rings. The van der Waals surface area contributed by atoms with Crippen LogP contribution in [0, 0.1) is 6.92 Å². The molecule has 0 radical (unpaired) electrons. The van der Waals surface area contributed by atoms with E-state index in [2.05, 4.69) is 5.16 Å². The number of hydrogen-bond acceptors (Lipinski definition) is 5. The molecule has 0 saturated heterocycles. The first-order valence-corrected chi connectivity index (χ1v) is 8.60. The summed E-state index contributed by atoms with van der Waals surface area (Å²) < 4.78 is 10.6. The van der Waals surface area contributed by atoms with Gasteiger partial charge in [0.2, 0.25) is 0 Å². The highest BCUT2D eigenvalue weighted by molar-refractivity contribution is 7.98. The Bertz CT molecular complexity index is 863. The highest BCUT2D eigenvalue weighted by atomic mass is 35.5. The van der Waals surface area contributed by atoms with E-state index in [1.807, 2.05) is 25.1 Å². The fraction of sp³-hybridized carbons (Fsp3) is 0.111. The van der Waals surface area contributed by atoms with Crippen LogP contribution in [0.3, 0.4) is 0 Å². The van der Waals surface area contributed by atoms with Gasteiger partial charge in [-0.25, -0.2) is 4.79 Å². The minimum absolute atomic E-state index is 0.342. The maximum absolute atomic E-state index is 12.5. The number of aryl methyl sites for hydroxylation is 1. The largest absolute Gasteiger partial charge is 0.421 e. The van der Waals surface area contributed by atoms with Crippen molar-refractivity contribution in [3.8, 4) is 5.75 Å². The Morgan fingerprint density at radius 1 is 1.21 bits per heavy atom. The zero-order valence-electron chi connectivity index (χ0n) is 12.9. The molecule has 2 aromatic carbocycles. The van der Waals surface area contributed by atoms with Crippen molar-refractivity contribution in [2.45, 2.75) is 17.6 Å². The lowest BCUT2D eigenvalue weighted by molar-refractivity contribution is 0.0731. The van der Waals surface area contributed by atoms with Crippen molar-refractivity contribution in [1.29, 1.82) is 0 Å². The van der Waals surface area contributed by atoms with Crippen molar-refractivity contribution in [2.24, 2.45) is 0 Å². The molecule has 0 fully saturated rings. The zero-order valence-corrected chi connectivity index (χ0v) is 14.4. The molecule has 3 aromatic rings. The number of nitrogens with zero attached hydrogens (tertiary/aromatic N) is 1. The van der Waals surface area contributed by atoms with Crippen LogP contribution in [0.5, 0.6) is 5.75 Å². The smallest absolute Gasteiger partial charge is 0.344 e. The topological polar surface area (TPSA) is 52.3 Å². The molecule has 0 atom stereocenters. The number of halogens is 1. The molecular weight excluding hydrogens is 346 g/mol. The van der Waals surface area contributed by atoms with Gasteiger partial charge in [0.15, 0.2) is 0 Å². The lowest BCUT2D eigenvalue weighted by atomic mass is 10.2. The monoisotopic (exact) mass is 359 g/mol. The first-order chi connectivity index (χ1) is 11.6. The third-order valence-electron chi connectivity index (χ3n) is 3.19. The normalized spacial score (nSPS) is 10.6. The standard InChI is InChI=1S/C18H14ClNO3S/c1-12-10-13(23-20-12)11-24-17-9-5-2-6-14(17)18(21)22-16-8-4-3-7-15(16)19/h2-10H,11H2,1H3. The third kappa shape index (κ3) is 3.99. The van der Waals surface area contributed by atoms with Crippen LogP contribution in [-0.4, -0.2) is 11.1 Å². The molecule has 0 amide bonds. The highest BCUT2D eigenvalue weighted by Gasteiger charge is 2.15. The highest BCUT2D eigenvalue weighted by Crippen LogP contribution is 2.29. The van der Waals surface area contributed by atoms with E-state index in [4.69, 9.17) is 20.9 Å². The van der Waals surface area contributed by atoms with Crippen LogP contribution in [-0.2, 0) is 5.75 Å². The summed E-state index contributed by atoms with van der Waals surface area (Å²) in [5.41, 5.74) is 1.32. The minimum Gasteiger partial charge on any atom is -0.421 e. The van der Waals surface area contributed by atoms with E-state index in [0.717, 1.165) is 16.3 Å². The van der Waals surface area contributed by atoms with Crippen molar-refractivity contribution in [3.63, 3.8) is 0 Å². The van der Waals surface area contributed by atoms with Crippen LogP contribution in [0.4, 0.5) is 0 Å². The number of rotatable bonds is 5. The van der Waals surface area contributed by atoms with Gasteiger partial charge in [0.05, 0.1) is 22.0 Å². The van der Waals surface area contributed by atoms with Crippen LogP contribution >= 0.6 is 23.4 Å². The molecule has 4 nitrogen and oxygen atoms in total. The molecule has 0 N–H and O–H groups in total. The van der Waals surface area contributed by atoms with Crippen LogP contribution in [0.15, 0.2) is 64.0 Å². The Hall–Kier alpha value is -2.24. The quantitative estimate of drug-likeness (QED) is 0.358. The van der Waals surface area contributed by atoms with E-state index in [0.29, 0.717) is 22.1 Å². The number of benzene rings is 2. The van der Waals surface area contributed by atoms with Crippen molar-refractivity contribution in [3.05, 3.63) is 76.6 Å². The molecule has 0 spiro atoms. The number of para-hydroxylation sites is 1. The molecule has 0 saturated carbocycles. The van der Waals surface area contributed by atoms with Crippen LogP contribution in [0.25, 0.3) is 0 Å². The van der Waals surface area contributed by atoms with Crippen LogP contribution < -0.4 is 4.74 Å². The summed E-state index contributed by atoms with van der Waals surface area (Å²) >= 11 is 7.53. The molecule has 1 aromatic heterocycles. The summed E-state index contributed by atoms with van der Waals surface area (Å²) in [6.07, 6.45) is 0. The minimum atomic E-state index is -0.444. The second-order valence-corrected chi connectivity index (χ2v) is 6.46. The number of esters is 1. The summed E-state index contributed by atoms with van der Waals surface area (Å²) in [6, 6.07) is 16.0. The summed E-state index contributed by atoms with van der Waals surface area (Å²) in [6.45, 7) is 1.87. The third-order valence-corrected chi connectivity index (χ3v) is 4.60. The second kappa shape index (κ2) is 7.55. The Balaban J connectivity index is 1.75. The maximum atomic E-state index is 12.5. The van der Waals surface area contributed by atoms with Gasteiger partial charge in [0.1, 0.15) is 11.5 Å². The number of thioether (sulfide) groups is 1. The van der Waals surface area contributed by atoms with Gasteiger partial charge >= 0.3 is 5.97 Å². The Morgan fingerprint density at radius 2 is 1.96 bits per heavy atom. The molecule has 0 aliphatic carbocycles. The van der Waals surface area contributed by atoms with E-state index in [-0.39, 0.29) is 0 Å². The first kappa shape index (κ1) is 16.6. The van der Waals surface area contributed by atoms with Gasteiger partial charge in [-0.1, -0.05) is 41.0 Å². The van der Waals surface area contributed by atoms with E-state index < -0.39 is 5.97 Å². The second-order valence-electron chi connectivity index (χ2n) is 5.04. The molecule has 24 heavy (non-hydrogen) atoms. The molecule has 122 valence electrons. The van der Waals surface area contributed by atoms with Gasteiger partial charge in [0.25, 0.3) is 0 Å². The molecule has 6 heteroatoms. The molecule has 0 bridgehead atoms. The van der Waals surface area contributed by atoms with Crippen molar-refractivity contribution < 1.29 is 14.1 Å². The molecule has 1 heterocycles. The van der Waals surface area contributed by atoms with E-state index in [9.17, 15) is 4.79 Å². The van der Waals surface area contributed by atoms with Gasteiger partial charge in [-0.2, -0.15) is 0 Å². The maximum Gasteiger partial charge on any atom is 0.344 e. The average molecular weight is 360 g/mol. The van der Waals surface area contributed by atoms with Gasteiger partial charge in [-0.05, 0) is 31.2 Å². The lowest BCUT2D eigenvalue weighted by Gasteiger charge is -2.09. The van der Waals surface area contributed by atoms with Crippen molar-refractivity contribution >= 4 is 29.3 Å². The number of carbonyl (C=O) groups excluding carboxylic acids is 1. The number of carbonyl (C=O) groups is 1. The number of aromatic nitrogens is 1. The van der Waals surface area contributed by atoms with Crippen LogP contribution in [0.2, 0.25) is 5.02 Å². The Kier molecular flexibility index (Phi) is 5.23. The SMILES string of the molecule is Cc1cc(CSc2ccccc2C(=O)Oc2ccccc2Cl)on1. The average Bonchev–Trinajstić information content (AvgIpc) is 3.01. The summed E-state index contributed by atoms with van der Waals surface area (Å²) in [4.78, 5) is 13.3. The van der Waals surface area contributed by atoms with E-state index in [1.54, 1.807) is 36.4 Å². The number of ether oxygens (including phenoxy) is 1. The van der Waals surface area contributed by atoms with Gasteiger partial charge < -0.3 is 9.26 Å². The predicted molar refractivity (Wildman–Crippen MR) is 93.7 cm³/mol. The molecule has 0 unspecified atom stereocenters. The Morgan fingerprint density at radius 3 is 2.71 bits per heavy atom. The first-order valence-electron chi connectivity index (χ1n) is 7.24. The molecular formula is C18H14ClNO3S. The zero-order chi connectivity index (χ0) is 16.9. The van der Waals surface area contributed by atoms with Crippen LogP contribution in [0.1, 0.15) is 21.8 Å². The van der Waals surface area contributed by atoms with E-state index in [1.165, 1.54) is 11.8 Å². The molecule has 0 aliphatic heterocycles. The summed E-state index contributed by atoms with van der Waals surface area (Å²) in [5, 5.41) is 4.25. The molecule has 3 rings (SSSR count). The van der Waals surface area contributed by atoms with Crippen molar-refractivity contribution in [1.82, 2.24) is 5.16 Å². The number of hydrogen-bond donors (Lipinski definition) is 0. The summed E-state index contributed by atoms with van der Waals surface area (Å²) in [5.74, 6) is 1.23. The summed E-state index contributed by atoms with van der Waals surface area (Å²) in [7, 11) is 0. The van der Waals surface area contributed by atoms with Gasteiger partial charge in [0, 0.05) is 11.0 Å². The van der Waals surface area contributed by atoms with Crippen molar-refractivity contribution in [2.75, 3.05) is 0 Å². The lowest BCUT2D eigenvalue weighted by Crippen LogP contribution is -2.10. The fourth-order valence-electron chi connectivity index (χ4n) is 2.08. The fourth-order valence-corrected chi connectivity index (χ4v) is 3.17. The predicted octanol–water partition coefficient (Wildman–Crippen LogP) is 5.15. The Labute approximate surface area is 148 Å². The van der Waals surface area contributed by atoms with Gasteiger partial charge in [-0.3, -0.25) is 0 Å². The van der Waals surface area contributed by atoms with Gasteiger partial charge in [-0.15, -0.1) is 11.8 Å².